The Morgan fingerprint density at radius 2 is 1.41 bits per heavy atom. The van der Waals surface area contributed by atoms with Gasteiger partial charge in [-0.3, -0.25) is 4.79 Å². The molecule has 0 saturated carbocycles. The Morgan fingerprint density at radius 3 is 2.04 bits per heavy atom. The average Bonchev–Trinajstić information content (AvgIpc) is 2.69. The predicted molar refractivity (Wildman–Crippen MR) is 110 cm³/mol. The summed E-state index contributed by atoms with van der Waals surface area (Å²) in [6.07, 6.45) is 0.331. The van der Waals surface area contributed by atoms with Gasteiger partial charge >= 0.3 is 0 Å². The molecule has 4 nitrogen and oxygen atoms in total. The number of anilines is 2. The Bertz CT molecular complexity index is 870. The molecular weight excluding hydrogens is 336 g/mol. The van der Waals surface area contributed by atoms with E-state index < -0.39 is 0 Å². The lowest BCUT2D eigenvalue weighted by molar-refractivity contribution is -0.115. The number of ether oxygens (including phenoxy) is 1. The summed E-state index contributed by atoms with van der Waals surface area (Å²) in [5.41, 5.74) is 5.24. The van der Waals surface area contributed by atoms with Gasteiger partial charge in [0.05, 0.1) is 13.5 Å². The zero-order valence-electron chi connectivity index (χ0n) is 15.7. The van der Waals surface area contributed by atoms with Gasteiger partial charge in [0.15, 0.2) is 0 Å². The van der Waals surface area contributed by atoms with Crippen LogP contribution in [-0.2, 0) is 17.8 Å². The Labute approximate surface area is 160 Å². The lowest BCUT2D eigenvalue weighted by atomic mass is 10.1. The van der Waals surface area contributed by atoms with Gasteiger partial charge in [0.25, 0.3) is 0 Å². The summed E-state index contributed by atoms with van der Waals surface area (Å²) in [5.74, 6) is 0.744. The van der Waals surface area contributed by atoms with E-state index in [1.807, 2.05) is 48.5 Å². The lowest BCUT2D eigenvalue weighted by Gasteiger charge is -2.09. The quantitative estimate of drug-likeness (QED) is 0.636. The predicted octanol–water partition coefficient (Wildman–Crippen LogP) is 4.80. The van der Waals surface area contributed by atoms with E-state index in [1.165, 1.54) is 11.1 Å². The van der Waals surface area contributed by atoms with Crippen molar-refractivity contribution >= 4 is 17.3 Å². The molecule has 4 heteroatoms. The van der Waals surface area contributed by atoms with Crippen LogP contribution in [0, 0.1) is 6.92 Å². The fourth-order valence-electron chi connectivity index (χ4n) is 2.72. The Morgan fingerprint density at radius 1 is 0.815 bits per heavy atom. The molecule has 0 spiro atoms. The molecule has 138 valence electrons. The molecule has 0 bridgehead atoms. The SMILES string of the molecule is COc1ccc(CC(=O)Nc2ccc(NCc3ccc(C)cc3)cc2)cc1. The number of aryl methyl sites for hydroxylation is 1. The van der Waals surface area contributed by atoms with Crippen LogP contribution < -0.4 is 15.4 Å². The Balaban J connectivity index is 1.50. The number of carbonyl (C=O) groups excluding carboxylic acids is 1. The molecule has 0 aliphatic heterocycles. The second-order valence-corrected chi connectivity index (χ2v) is 6.49. The third-order valence-electron chi connectivity index (χ3n) is 4.31. The second-order valence-electron chi connectivity index (χ2n) is 6.49. The molecule has 0 unspecified atom stereocenters. The molecule has 0 fully saturated rings. The number of benzene rings is 3. The van der Waals surface area contributed by atoms with Gasteiger partial charge in [-0.2, -0.15) is 0 Å². The maximum atomic E-state index is 12.2. The molecule has 2 N–H and O–H groups in total. The highest BCUT2D eigenvalue weighted by Crippen LogP contribution is 2.16. The Hall–Kier alpha value is -3.27. The van der Waals surface area contributed by atoms with Crippen molar-refractivity contribution in [2.75, 3.05) is 17.7 Å². The van der Waals surface area contributed by atoms with Crippen LogP contribution in [0.1, 0.15) is 16.7 Å². The minimum atomic E-state index is -0.0412. The number of carbonyl (C=O) groups is 1. The van der Waals surface area contributed by atoms with E-state index in [2.05, 4.69) is 41.8 Å². The zero-order valence-corrected chi connectivity index (χ0v) is 15.7. The second kappa shape index (κ2) is 8.90. The summed E-state index contributed by atoms with van der Waals surface area (Å²) in [4.78, 5) is 12.2. The van der Waals surface area contributed by atoms with Crippen LogP contribution in [0.15, 0.2) is 72.8 Å². The number of rotatable bonds is 7. The molecule has 0 aromatic heterocycles. The van der Waals surface area contributed by atoms with Crippen LogP contribution in [0.3, 0.4) is 0 Å². The number of hydrogen-bond acceptors (Lipinski definition) is 3. The highest BCUT2D eigenvalue weighted by Gasteiger charge is 2.05. The Kier molecular flexibility index (Phi) is 6.10. The molecule has 27 heavy (non-hydrogen) atoms. The molecule has 0 saturated heterocycles. The first-order valence-corrected chi connectivity index (χ1v) is 8.94. The molecule has 0 aliphatic carbocycles. The zero-order chi connectivity index (χ0) is 19.1. The third kappa shape index (κ3) is 5.61. The lowest BCUT2D eigenvalue weighted by Crippen LogP contribution is -2.14. The maximum absolute atomic E-state index is 12.2. The van der Waals surface area contributed by atoms with Crippen molar-refractivity contribution in [1.82, 2.24) is 0 Å². The maximum Gasteiger partial charge on any atom is 0.228 e. The van der Waals surface area contributed by atoms with Crippen LogP contribution in [0.4, 0.5) is 11.4 Å². The van der Waals surface area contributed by atoms with Gasteiger partial charge in [-0.05, 0) is 54.4 Å². The molecule has 3 aromatic carbocycles. The highest BCUT2D eigenvalue weighted by atomic mass is 16.5. The van der Waals surface area contributed by atoms with Gasteiger partial charge < -0.3 is 15.4 Å². The first-order valence-electron chi connectivity index (χ1n) is 8.94. The molecule has 3 rings (SSSR count). The van der Waals surface area contributed by atoms with Gasteiger partial charge in [-0.25, -0.2) is 0 Å². The molecule has 0 aliphatic rings. The fraction of sp³-hybridized carbons (Fsp3) is 0.174. The summed E-state index contributed by atoms with van der Waals surface area (Å²) in [7, 11) is 1.63. The van der Waals surface area contributed by atoms with Gasteiger partial charge in [0.1, 0.15) is 5.75 Å². The number of amides is 1. The van der Waals surface area contributed by atoms with Crippen molar-refractivity contribution in [1.29, 1.82) is 0 Å². The smallest absolute Gasteiger partial charge is 0.228 e. The summed E-state index contributed by atoms with van der Waals surface area (Å²) < 4.78 is 5.13. The molecule has 0 heterocycles. The van der Waals surface area contributed by atoms with E-state index in [0.29, 0.717) is 6.42 Å². The summed E-state index contributed by atoms with van der Waals surface area (Å²) >= 11 is 0. The number of nitrogens with one attached hydrogen (secondary N) is 2. The molecule has 0 atom stereocenters. The van der Waals surface area contributed by atoms with E-state index >= 15 is 0 Å². The number of methoxy groups -OCH3 is 1. The van der Waals surface area contributed by atoms with Gasteiger partial charge in [-0.1, -0.05) is 42.0 Å². The van der Waals surface area contributed by atoms with E-state index in [1.54, 1.807) is 7.11 Å². The van der Waals surface area contributed by atoms with Crippen molar-refractivity contribution in [2.24, 2.45) is 0 Å². The van der Waals surface area contributed by atoms with Gasteiger partial charge in [0, 0.05) is 17.9 Å². The highest BCUT2D eigenvalue weighted by molar-refractivity contribution is 5.92. The van der Waals surface area contributed by atoms with Crippen LogP contribution in [-0.4, -0.2) is 13.0 Å². The number of hydrogen-bond donors (Lipinski definition) is 2. The normalized spacial score (nSPS) is 10.3. The summed E-state index contributed by atoms with van der Waals surface area (Å²) in [5, 5.41) is 6.32. The van der Waals surface area contributed by atoms with Crippen LogP contribution in [0.25, 0.3) is 0 Å². The fourth-order valence-corrected chi connectivity index (χ4v) is 2.72. The van der Waals surface area contributed by atoms with Crippen LogP contribution in [0.2, 0.25) is 0 Å². The average molecular weight is 360 g/mol. The van der Waals surface area contributed by atoms with Crippen molar-refractivity contribution in [3.05, 3.63) is 89.5 Å². The standard InChI is InChI=1S/C23H24N2O2/c1-17-3-5-19(6-4-17)16-24-20-9-11-21(12-10-20)25-23(26)15-18-7-13-22(27-2)14-8-18/h3-14,24H,15-16H2,1-2H3,(H,25,26). The van der Waals surface area contributed by atoms with Crippen LogP contribution >= 0.6 is 0 Å². The summed E-state index contributed by atoms with van der Waals surface area (Å²) in [6, 6.07) is 23.7. The first kappa shape index (κ1) is 18.5. The van der Waals surface area contributed by atoms with E-state index in [-0.39, 0.29) is 5.91 Å². The summed E-state index contributed by atoms with van der Waals surface area (Å²) in [6.45, 7) is 2.85. The van der Waals surface area contributed by atoms with Crippen molar-refractivity contribution < 1.29 is 9.53 Å². The molecule has 1 amide bonds. The van der Waals surface area contributed by atoms with Gasteiger partial charge in [-0.15, -0.1) is 0 Å². The molecule has 3 aromatic rings. The van der Waals surface area contributed by atoms with E-state index in [0.717, 1.165) is 29.2 Å². The monoisotopic (exact) mass is 360 g/mol. The largest absolute Gasteiger partial charge is 0.497 e. The third-order valence-corrected chi connectivity index (χ3v) is 4.31. The minimum absolute atomic E-state index is 0.0412. The molecular formula is C23H24N2O2. The van der Waals surface area contributed by atoms with E-state index in [4.69, 9.17) is 4.74 Å². The minimum Gasteiger partial charge on any atom is -0.497 e. The molecule has 0 radical (unpaired) electrons. The van der Waals surface area contributed by atoms with Crippen LogP contribution in [0.5, 0.6) is 5.75 Å². The van der Waals surface area contributed by atoms with Crippen molar-refractivity contribution in [3.63, 3.8) is 0 Å². The topological polar surface area (TPSA) is 50.4 Å². The first-order chi connectivity index (χ1) is 13.1. The van der Waals surface area contributed by atoms with Crippen molar-refractivity contribution in [2.45, 2.75) is 19.9 Å². The van der Waals surface area contributed by atoms with Crippen molar-refractivity contribution in [3.8, 4) is 5.75 Å². The van der Waals surface area contributed by atoms with E-state index in [9.17, 15) is 4.79 Å². The van der Waals surface area contributed by atoms with Gasteiger partial charge in [0.2, 0.25) is 5.91 Å².